The number of amides is 1. The van der Waals surface area contributed by atoms with Gasteiger partial charge in [-0.2, -0.15) is 0 Å². The second kappa shape index (κ2) is 7.92. The van der Waals surface area contributed by atoms with Crippen LogP contribution in [0.2, 0.25) is 0 Å². The number of nitrogens with one attached hydrogen (secondary N) is 2. The highest BCUT2D eigenvalue weighted by atomic mass is 16.5. The molecule has 1 amide bonds. The van der Waals surface area contributed by atoms with E-state index in [1.165, 1.54) is 13.2 Å². The predicted octanol–water partition coefficient (Wildman–Crippen LogP) is 3.00. The number of rotatable bonds is 6. The van der Waals surface area contributed by atoms with E-state index in [1.807, 2.05) is 12.1 Å². The maximum atomic E-state index is 11.9. The number of anilines is 2. The van der Waals surface area contributed by atoms with Gasteiger partial charge in [0, 0.05) is 42.0 Å². The molecule has 0 saturated heterocycles. The molecule has 3 rings (SSSR count). The molecule has 3 aromatic rings. The largest absolute Gasteiger partial charge is 0.508 e. The van der Waals surface area contributed by atoms with Crippen LogP contribution in [0.5, 0.6) is 5.75 Å². The maximum Gasteiger partial charge on any atom is 0.336 e. The predicted molar refractivity (Wildman–Crippen MR) is 103 cm³/mol. The first-order valence-electron chi connectivity index (χ1n) is 8.36. The molecule has 7 heteroatoms. The molecule has 0 atom stereocenters. The summed E-state index contributed by atoms with van der Waals surface area (Å²) in [6.07, 6.45) is 0. The van der Waals surface area contributed by atoms with Crippen LogP contribution in [0.25, 0.3) is 11.0 Å². The van der Waals surface area contributed by atoms with Crippen molar-refractivity contribution in [2.45, 2.75) is 13.5 Å². The lowest BCUT2D eigenvalue weighted by Gasteiger charge is -2.11. The number of phenols is 1. The Hall–Kier alpha value is -3.32. The van der Waals surface area contributed by atoms with Gasteiger partial charge in [-0.15, -0.1) is 0 Å². The highest BCUT2D eigenvalue weighted by molar-refractivity contribution is 5.91. The van der Waals surface area contributed by atoms with Gasteiger partial charge in [0.15, 0.2) is 0 Å². The fourth-order valence-electron chi connectivity index (χ4n) is 2.76. The highest BCUT2D eigenvalue weighted by Gasteiger charge is 2.10. The molecule has 0 unspecified atom stereocenters. The first-order valence-corrected chi connectivity index (χ1v) is 8.36. The first kappa shape index (κ1) is 18.5. The molecule has 3 N–H and O–H groups in total. The summed E-state index contributed by atoms with van der Waals surface area (Å²) < 4.78 is 10.0. The van der Waals surface area contributed by atoms with E-state index < -0.39 is 5.63 Å². The molecule has 140 valence electrons. The average Bonchev–Trinajstić information content (AvgIpc) is 2.64. The number of ether oxygens (including phenoxy) is 1. The average molecular weight is 368 g/mol. The van der Waals surface area contributed by atoms with Crippen molar-refractivity contribution in [1.29, 1.82) is 0 Å². The number of carbonyl (C=O) groups is 1. The number of fused-ring (bicyclic) bond motifs is 1. The van der Waals surface area contributed by atoms with Gasteiger partial charge in [-0.25, -0.2) is 4.79 Å². The zero-order chi connectivity index (χ0) is 19.4. The van der Waals surface area contributed by atoms with E-state index >= 15 is 0 Å². The maximum absolute atomic E-state index is 11.9. The van der Waals surface area contributed by atoms with Crippen LogP contribution in [0.3, 0.4) is 0 Å². The molecular weight excluding hydrogens is 348 g/mol. The summed E-state index contributed by atoms with van der Waals surface area (Å²) in [6, 6.07) is 11.9. The lowest BCUT2D eigenvalue weighted by molar-refractivity contribution is -0.119. The van der Waals surface area contributed by atoms with Crippen LogP contribution in [0.4, 0.5) is 11.4 Å². The minimum Gasteiger partial charge on any atom is -0.508 e. The van der Waals surface area contributed by atoms with Gasteiger partial charge in [-0.1, -0.05) is 0 Å². The zero-order valence-electron chi connectivity index (χ0n) is 15.0. The first-order chi connectivity index (χ1) is 13.0. The van der Waals surface area contributed by atoms with E-state index in [1.54, 1.807) is 31.2 Å². The van der Waals surface area contributed by atoms with Crippen LogP contribution in [-0.4, -0.2) is 24.7 Å². The van der Waals surface area contributed by atoms with E-state index in [-0.39, 0.29) is 18.3 Å². The van der Waals surface area contributed by atoms with Gasteiger partial charge < -0.3 is 24.9 Å². The molecule has 0 fully saturated rings. The van der Waals surface area contributed by atoms with E-state index in [4.69, 9.17) is 9.15 Å². The molecule has 0 saturated carbocycles. The third-order valence-corrected chi connectivity index (χ3v) is 4.15. The molecular formula is C20H20N2O5. The van der Waals surface area contributed by atoms with Crippen molar-refractivity contribution in [2.24, 2.45) is 0 Å². The molecule has 1 aromatic heterocycles. The Bertz CT molecular complexity index is 1020. The van der Waals surface area contributed by atoms with Gasteiger partial charge in [0.2, 0.25) is 5.91 Å². The van der Waals surface area contributed by atoms with Gasteiger partial charge in [-0.05, 0) is 48.9 Å². The number of aryl methyl sites for hydroxylation is 1. The highest BCUT2D eigenvalue weighted by Crippen LogP contribution is 2.27. The van der Waals surface area contributed by atoms with Crippen molar-refractivity contribution in [2.75, 3.05) is 24.4 Å². The van der Waals surface area contributed by atoms with Crippen LogP contribution >= 0.6 is 0 Å². The van der Waals surface area contributed by atoms with Crippen molar-refractivity contribution < 1.29 is 19.1 Å². The summed E-state index contributed by atoms with van der Waals surface area (Å²) in [6.45, 7) is 2.11. The number of carbonyl (C=O) groups excluding carboxylic acids is 1. The molecule has 0 bridgehead atoms. The number of methoxy groups -OCH3 is 1. The molecule has 0 aliphatic heterocycles. The van der Waals surface area contributed by atoms with Crippen molar-refractivity contribution in [3.05, 3.63) is 64.0 Å². The van der Waals surface area contributed by atoms with Crippen molar-refractivity contribution in [1.82, 2.24) is 0 Å². The summed E-state index contributed by atoms with van der Waals surface area (Å²) in [5.41, 5.74) is 2.71. The summed E-state index contributed by atoms with van der Waals surface area (Å²) >= 11 is 0. The quantitative estimate of drug-likeness (QED) is 0.578. The van der Waals surface area contributed by atoms with Gasteiger partial charge >= 0.3 is 5.63 Å². The number of phenolic OH excluding ortho intramolecular Hbond substituents is 1. The van der Waals surface area contributed by atoms with Gasteiger partial charge in [0.05, 0.1) is 0 Å². The molecule has 7 nitrogen and oxygen atoms in total. The summed E-state index contributed by atoms with van der Waals surface area (Å²) in [4.78, 5) is 23.4. The third-order valence-electron chi connectivity index (χ3n) is 4.15. The minimum absolute atomic E-state index is 0.00135. The van der Waals surface area contributed by atoms with E-state index in [9.17, 15) is 14.7 Å². The number of benzene rings is 2. The number of hydrogen-bond acceptors (Lipinski definition) is 6. The SMILES string of the molecule is COCC(=O)Nc1ccc(NCc2cc(=O)oc3c(C)c(O)ccc23)cc1. The van der Waals surface area contributed by atoms with Crippen LogP contribution in [0.1, 0.15) is 11.1 Å². The smallest absolute Gasteiger partial charge is 0.336 e. The Labute approximate surface area is 155 Å². The standard InChI is InChI=1S/C20H20N2O5/c1-12-17(23)8-7-16-13(9-19(25)27-20(12)16)10-21-14-3-5-15(6-4-14)22-18(24)11-26-2/h3-9,21,23H,10-11H2,1-2H3,(H,22,24). The molecule has 0 radical (unpaired) electrons. The Morgan fingerprint density at radius 2 is 1.85 bits per heavy atom. The van der Waals surface area contributed by atoms with E-state index in [2.05, 4.69) is 10.6 Å². The fourth-order valence-corrected chi connectivity index (χ4v) is 2.76. The molecule has 0 aliphatic carbocycles. The number of hydrogen-bond donors (Lipinski definition) is 3. The Kier molecular flexibility index (Phi) is 5.42. The Morgan fingerprint density at radius 3 is 2.56 bits per heavy atom. The second-order valence-corrected chi connectivity index (χ2v) is 6.09. The lowest BCUT2D eigenvalue weighted by Crippen LogP contribution is -2.16. The molecule has 27 heavy (non-hydrogen) atoms. The van der Waals surface area contributed by atoms with Gasteiger partial charge in [0.1, 0.15) is 17.9 Å². The monoisotopic (exact) mass is 368 g/mol. The van der Waals surface area contributed by atoms with Crippen LogP contribution in [0.15, 0.2) is 51.7 Å². The minimum atomic E-state index is -0.468. The van der Waals surface area contributed by atoms with E-state index in [0.717, 1.165) is 16.6 Å². The van der Waals surface area contributed by atoms with Gasteiger partial charge in [0.25, 0.3) is 0 Å². The van der Waals surface area contributed by atoms with Crippen LogP contribution in [-0.2, 0) is 16.1 Å². The Morgan fingerprint density at radius 1 is 1.15 bits per heavy atom. The van der Waals surface area contributed by atoms with Gasteiger partial charge in [-0.3, -0.25) is 4.79 Å². The van der Waals surface area contributed by atoms with Crippen molar-refractivity contribution in [3.8, 4) is 5.75 Å². The zero-order valence-corrected chi connectivity index (χ0v) is 15.0. The third kappa shape index (κ3) is 4.27. The normalized spacial score (nSPS) is 10.7. The summed E-state index contributed by atoms with van der Waals surface area (Å²) in [7, 11) is 1.46. The summed E-state index contributed by atoms with van der Waals surface area (Å²) in [5.74, 6) is -0.138. The topological polar surface area (TPSA) is 101 Å². The molecule has 1 heterocycles. The Balaban J connectivity index is 1.76. The molecule has 2 aromatic carbocycles. The molecule has 0 spiro atoms. The molecule has 0 aliphatic rings. The lowest BCUT2D eigenvalue weighted by atomic mass is 10.1. The fraction of sp³-hybridized carbons (Fsp3) is 0.200. The van der Waals surface area contributed by atoms with Crippen molar-refractivity contribution in [3.63, 3.8) is 0 Å². The van der Waals surface area contributed by atoms with Crippen LogP contribution < -0.4 is 16.3 Å². The van der Waals surface area contributed by atoms with Crippen molar-refractivity contribution >= 4 is 28.3 Å². The number of aromatic hydroxyl groups is 1. The van der Waals surface area contributed by atoms with Crippen LogP contribution in [0, 0.1) is 6.92 Å². The van der Waals surface area contributed by atoms with E-state index in [0.29, 0.717) is 23.4 Å². The second-order valence-electron chi connectivity index (χ2n) is 6.09. The summed E-state index contributed by atoms with van der Waals surface area (Å²) in [5, 5.41) is 16.5.